The molecule has 0 unspecified atom stereocenters. The average Bonchev–Trinajstić information content (AvgIpc) is 3.69. The summed E-state index contributed by atoms with van der Waals surface area (Å²) in [4.78, 5) is 8.74. The molecule has 0 bridgehead atoms. The molecule has 0 saturated carbocycles. The van der Waals surface area contributed by atoms with Crippen LogP contribution in [0.5, 0.6) is 0 Å². The van der Waals surface area contributed by atoms with Gasteiger partial charge in [-0.15, -0.1) is 11.3 Å². The molecule has 0 aliphatic rings. The highest BCUT2D eigenvalue weighted by molar-refractivity contribution is 7.27. The SMILES string of the molecule is c1ccc2c(-n3c4cc5sc6c7ccccc7c7c8ccccc8[nH]c7c6c5cc4c4cccnc43)cccc2c1. The molecule has 4 heteroatoms. The van der Waals surface area contributed by atoms with E-state index >= 15 is 0 Å². The minimum atomic E-state index is 0.988. The summed E-state index contributed by atoms with van der Waals surface area (Å²) >= 11 is 1.89. The highest BCUT2D eigenvalue weighted by Gasteiger charge is 2.21. The first-order valence-electron chi connectivity index (χ1n) is 13.9. The van der Waals surface area contributed by atoms with E-state index in [1.807, 2.05) is 17.5 Å². The van der Waals surface area contributed by atoms with Crippen LogP contribution >= 0.6 is 11.3 Å². The number of hydrogen-bond acceptors (Lipinski definition) is 2. The van der Waals surface area contributed by atoms with Crippen LogP contribution in [0.4, 0.5) is 0 Å². The number of fused-ring (bicyclic) bond motifs is 14. The Labute approximate surface area is 237 Å². The number of para-hydroxylation sites is 1. The van der Waals surface area contributed by atoms with Crippen LogP contribution in [-0.2, 0) is 0 Å². The third-order valence-corrected chi connectivity index (χ3v) is 9.93. The Morgan fingerprint density at radius 1 is 0.585 bits per heavy atom. The largest absolute Gasteiger partial charge is 0.354 e. The average molecular weight is 540 g/mol. The molecule has 0 fully saturated rings. The zero-order chi connectivity index (χ0) is 26.7. The van der Waals surface area contributed by atoms with E-state index in [0.29, 0.717) is 0 Å². The summed E-state index contributed by atoms with van der Waals surface area (Å²) in [5.74, 6) is 0. The van der Waals surface area contributed by atoms with E-state index in [-0.39, 0.29) is 0 Å². The fourth-order valence-corrected chi connectivity index (χ4v) is 8.29. The Hall–Kier alpha value is -5.19. The third-order valence-electron chi connectivity index (χ3n) is 8.74. The fraction of sp³-hybridized carbons (Fsp3) is 0. The van der Waals surface area contributed by atoms with Gasteiger partial charge in [0.05, 0.1) is 16.7 Å². The van der Waals surface area contributed by atoms with Crippen molar-refractivity contribution < 1.29 is 0 Å². The second-order valence-corrected chi connectivity index (χ2v) is 11.9. The number of H-pyrrole nitrogens is 1. The lowest BCUT2D eigenvalue weighted by Gasteiger charge is -2.10. The fourth-order valence-electron chi connectivity index (χ4n) is 7.03. The number of nitrogens with zero attached hydrogens (tertiary/aromatic N) is 2. The smallest absolute Gasteiger partial charge is 0.145 e. The summed E-state index contributed by atoms with van der Waals surface area (Å²) in [6.45, 7) is 0. The van der Waals surface area contributed by atoms with E-state index in [9.17, 15) is 0 Å². The first-order valence-corrected chi connectivity index (χ1v) is 14.7. The minimum Gasteiger partial charge on any atom is -0.354 e. The number of thiophene rings is 1. The summed E-state index contributed by atoms with van der Waals surface area (Å²) in [5, 5.41) is 12.7. The minimum absolute atomic E-state index is 0.988. The number of pyridine rings is 1. The van der Waals surface area contributed by atoms with Gasteiger partial charge in [0.15, 0.2) is 0 Å². The van der Waals surface area contributed by atoms with Crippen molar-refractivity contribution in [3.8, 4) is 5.69 Å². The summed E-state index contributed by atoms with van der Waals surface area (Å²) in [7, 11) is 0. The quantitative estimate of drug-likeness (QED) is 0.221. The molecule has 4 heterocycles. The number of aromatic nitrogens is 3. The molecule has 190 valence electrons. The van der Waals surface area contributed by atoms with Gasteiger partial charge >= 0.3 is 0 Å². The van der Waals surface area contributed by atoms with E-state index in [1.54, 1.807) is 0 Å². The molecule has 4 aromatic heterocycles. The van der Waals surface area contributed by atoms with Crippen LogP contribution in [0.1, 0.15) is 0 Å². The van der Waals surface area contributed by atoms with Gasteiger partial charge in [0.25, 0.3) is 0 Å². The molecule has 1 N–H and O–H groups in total. The van der Waals surface area contributed by atoms with Crippen molar-refractivity contribution in [1.29, 1.82) is 0 Å². The number of rotatable bonds is 1. The highest BCUT2D eigenvalue weighted by Crippen LogP contribution is 2.47. The van der Waals surface area contributed by atoms with Gasteiger partial charge < -0.3 is 4.98 Å². The Balaban J connectivity index is 1.43. The topological polar surface area (TPSA) is 33.6 Å². The van der Waals surface area contributed by atoms with Crippen molar-refractivity contribution in [2.75, 3.05) is 0 Å². The molecule has 3 nitrogen and oxygen atoms in total. The Morgan fingerprint density at radius 2 is 1.34 bits per heavy atom. The Morgan fingerprint density at radius 3 is 2.27 bits per heavy atom. The summed E-state index contributed by atoms with van der Waals surface area (Å²) in [6, 6.07) is 41.8. The van der Waals surface area contributed by atoms with Crippen LogP contribution in [0.25, 0.3) is 91.1 Å². The monoisotopic (exact) mass is 539 g/mol. The first-order chi connectivity index (χ1) is 20.3. The van der Waals surface area contributed by atoms with E-state index in [4.69, 9.17) is 4.98 Å². The molecule has 10 rings (SSSR count). The van der Waals surface area contributed by atoms with Crippen molar-refractivity contribution in [3.05, 3.63) is 121 Å². The molecule has 0 atom stereocenters. The van der Waals surface area contributed by atoms with Crippen LogP contribution in [-0.4, -0.2) is 14.5 Å². The van der Waals surface area contributed by atoms with E-state index in [0.717, 1.165) is 11.3 Å². The first kappa shape index (κ1) is 21.6. The summed E-state index contributed by atoms with van der Waals surface area (Å²) in [6.07, 6.45) is 1.90. The lowest BCUT2D eigenvalue weighted by molar-refractivity contribution is 1.15. The van der Waals surface area contributed by atoms with Gasteiger partial charge in [-0.2, -0.15) is 0 Å². The molecule has 6 aromatic carbocycles. The maximum absolute atomic E-state index is 4.92. The molecule has 41 heavy (non-hydrogen) atoms. The predicted octanol–water partition coefficient (Wildman–Crippen LogP) is 10.5. The lowest BCUT2D eigenvalue weighted by Crippen LogP contribution is -1.96. The molecule has 0 amide bonds. The Bertz CT molecular complexity index is 2700. The molecule has 0 aliphatic heterocycles. The van der Waals surface area contributed by atoms with Crippen molar-refractivity contribution in [2.24, 2.45) is 0 Å². The van der Waals surface area contributed by atoms with Crippen molar-refractivity contribution in [3.63, 3.8) is 0 Å². The van der Waals surface area contributed by atoms with Crippen molar-refractivity contribution >= 4 is 96.8 Å². The zero-order valence-corrected chi connectivity index (χ0v) is 22.7. The molecule has 0 spiro atoms. The summed E-state index contributed by atoms with van der Waals surface area (Å²) in [5.41, 5.74) is 5.73. The second kappa shape index (κ2) is 7.72. The van der Waals surface area contributed by atoms with Crippen LogP contribution < -0.4 is 0 Å². The number of hydrogen-bond donors (Lipinski definition) is 1. The van der Waals surface area contributed by atoms with Crippen molar-refractivity contribution in [1.82, 2.24) is 14.5 Å². The number of nitrogens with one attached hydrogen (secondary N) is 1. The zero-order valence-electron chi connectivity index (χ0n) is 21.8. The van der Waals surface area contributed by atoms with Gasteiger partial charge in [-0.1, -0.05) is 78.9 Å². The standard InChI is InChI=1S/C37H21N3S/c1-2-11-22-21(9-1)10-7-17-30(22)40-31-20-32-28(19-27(31)25-15-8-18-38-37(25)40)34-35-33(26-14-5-6-16-29(26)39-35)23-12-3-4-13-24(23)36(34)41-32/h1-20,39H. The van der Waals surface area contributed by atoms with Crippen LogP contribution in [0.2, 0.25) is 0 Å². The van der Waals surface area contributed by atoms with Gasteiger partial charge in [-0.05, 0) is 47.2 Å². The van der Waals surface area contributed by atoms with Gasteiger partial charge in [0.2, 0.25) is 0 Å². The normalized spacial score (nSPS) is 12.4. The van der Waals surface area contributed by atoms with Crippen LogP contribution in [0.15, 0.2) is 121 Å². The highest BCUT2D eigenvalue weighted by atomic mass is 32.1. The maximum atomic E-state index is 4.92. The molecule has 0 aliphatic carbocycles. The summed E-state index contributed by atoms with van der Waals surface area (Å²) < 4.78 is 4.97. The van der Waals surface area contributed by atoms with Gasteiger partial charge in [-0.25, -0.2) is 4.98 Å². The molecule has 10 aromatic rings. The van der Waals surface area contributed by atoms with E-state index in [1.165, 1.54) is 79.8 Å². The van der Waals surface area contributed by atoms with Crippen molar-refractivity contribution in [2.45, 2.75) is 0 Å². The molecular weight excluding hydrogens is 518 g/mol. The molecule has 0 saturated heterocycles. The maximum Gasteiger partial charge on any atom is 0.145 e. The number of benzene rings is 6. The van der Waals surface area contributed by atoms with Gasteiger partial charge in [0.1, 0.15) is 5.65 Å². The number of aromatic amines is 1. The molecular formula is C37H21N3S. The van der Waals surface area contributed by atoms with Crippen LogP contribution in [0, 0.1) is 0 Å². The van der Waals surface area contributed by atoms with Gasteiger partial charge in [0, 0.05) is 64.2 Å². The second-order valence-electron chi connectivity index (χ2n) is 10.8. The van der Waals surface area contributed by atoms with E-state index in [2.05, 4.69) is 125 Å². The van der Waals surface area contributed by atoms with Gasteiger partial charge in [-0.3, -0.25) is 4.57 Å². The lowest BCUT2D eigenvalue weighted by atomic mass is 9.99. The van der Waals surface area contributed by atoms with E-state index < -0.39 is 0 Å². The Kier molecular flexibility index (Phi) is 4.07. The van der Waals surface area contributed by atoms with Crippen LogP contribution in [0.3, 0.4) is 0 Å². The third kappa shape index (κ3) is 2.75. The molecule has 0 radical (unpaired) electrons. The predicted molar refractivity (Wildman–Crippen MR) is 176 cm³/mol.